The van der Waals surface area contributed by atoms with Crippen LogP contribution >= 0.6 is 11.8 Å². The fraction of sp³-hybridized carbons (Fsp3) is 0.176. The summed E-state index contributed by atoms with van der Waals surface area (Å²) in [6, 6.07) is 29.2. The van der Waals surface area contributed by atoms with Crippen LogP contribution in [0.3, 0.4) is 0 Å². The van der Waals surface area contributed by atoms with Crippen LogP contribution in [0.2, 0.25) is 0 Å². The zero-order valence-electron chi connectivity index (χ0n) is 23.8. The topological polar surface area (TPSA) is 78.4 Å². The molecule has 4 aromatic rings. The quantitative estimate of drug-likeness (QED) is 0.186. The average Bonchev–Trinajstić information content (AvgIpc) is 3.35. The van der Waals surface area contributed by atoms with E-state index in [0.29, 0.717) is 52.9 Å². The van der Waals surface area contributed by atoms with E-state index in [0.717, 1.165) is 27.9 Å². The van der Waals surface area contributed by atoms with Gasteiger partial charge in [0, 0.05) is 0 Å². The van der Waals surface area contributed by atoms with Crippen LogP contribution in [0.15, 0.2) is 101 Å². The smallest absolute Gasteiger partial charge is 0.264 e. The van der Waals surface area contributed by atoms with E-state index in [2.05, 4.69) is 10.3 Å². The van der Waals surface area contributed by atoms with Gasteiger partial charge in [0.25, 0.3) is 5.91 Å². The van der Waals surface area contributed by atoms with Crippen LogP contribution in [0, 0.1) is 6.92 Å². The molecule has 1 fully saturated rings. The Hall–Kier alpha value is -4.69. The minimum absolute atomic E-state index is 0.188. The van der Waals surface area contributed by atoms with E-state index in [1.165, 1.54) is 11.8 Å². The van der Waals surface area contributed by atoms with Crippen molar-refractivity contribution in [2.24, 2.45) is 4.99 Å². The van der Waals surface area contributed by atoms with Gasteiger partial charge in [-0.1, -0.05) is 60.2 Å². The van der Waals surface area contributed by atoms with Gasteiger partial charge in [0.2, 0.25) is 0 Å². The zero-order chi connectivity index (χ0) is 29.3. The monoisotopic (exact) mass is 580 g/mol. The van der Waals surface area contributed by atoms with Crippen molar-refractivity contribution in [3.05, 3.63) is 118 Å². The number of benzene rings is 4. The lowest BCUT2D eigenvalue weighted by atomic mass is 10.1. The molecule has 4 aromatic carbocycles. The van der Waals surface area contributed by atoms with Gasteiger partial charge in [-0.2, -0.15) is 0 Å². The molecule has 1 amide bonds. The zero-order valence-corrected chi connectivity index (χ0v) is 24.6. The first-order valence-electron chi connectivity index (χ1n) is 13.6. The van der Waals surface area contributed by atoms with E-state index in [4.69, 9.17) is 18.9 Å². The maximum Gasteiger partial charge on any atom is 0.264 e. The lowest BCUT2D eigenvalue weighted by Gasteiger charge is -2.15. The van der Waals surface area contributed by atoms with Crippen molar-refractivity contribution in [1.29, 1.82) is 0 Å². The van der Waals surface area contributed by atoms with Gasteiger partial charge in [-0.05, 0) is 84.8 Å². The Kier molecular flexibility index (Phi) is 9.46. The summed E-state index contributed by atoms with van der Waals surface area (Å²) in [6.07, 6.45) is 1.81. The summed E-state index contributed by atoms with van der Waals surface area (Å²) < 4.78 is 23.6. The highest BCUT2D eigenvalue weighted by Crippen LogP contribution is 2.34. The first kappa shape index (κ1) is 28.8. The second-order valence-corrected chi connectivity index (χ2v) is 10.5. The number of amides is 1. The Morgan fingerprint density at radius 3 is 2.24 bits per heavy atom. The number of carbonyl (C=O) groups excluding carboxylic acids is 1. The number of amidine groups is 1. The molecule has 214 valence electrons. The lowest BCUT2D eigenvalue weighted by Crippen LogP contribution is -2.19. The molecule has 1 saturated heterocycles. The Balaban J connectivity index is 1.24. The van der Waals surface area contributed by atoms with Crippen LogP contribution in [0.5, 0.6) is 23.0 Å². The lowest BCUT2D eigenvalue weighted by molar-refractivity contribution is -0.115. The van der Waals surface area contributed by atoms with Gasteiger partial charge in [-0.15, -0.1) is 0 Å². The molecule has 0 saturated carbocycles. The molecule has 0 aromatic heterocycles. The maximum absolute atomic E-state index is 12.6. The minimum Gasteiger partial charge on any atom is -0.493 e. The molecule has 7 nitrogen and oxygen atoms in total. The van der Waals surface area contributed by atoms with Gasteiger partial charge in [-0.25, -0.2) is 4.99 Å². The summed E-state index contributed by atoms with van der Waals surface area (Å²) >= 11 is 1.30. The molecule has 0 radical (unpaired) electrons. The highest BCUT2D eigenvalue weighted by Gasteiger charge is 2.24. The first-order valence-corrected chi connectivity index (χ1v) is 14.4. The third kappa shape index (κ3) is 7.53. The summed E-state index contributed by atoms with van der Waals surface area (Å²) in [5.74, 6) is 2.31. The number of aryl methyl sites for hydroxylation is 1. The summed E-state index contributed by atoms with van der Waals surface area (Å²) in [5, 5.41) is 3.38. The van der Waals surface area contributed by atoms with Crippen LogP contribution in [-0.2, 0) is 18.0 Å². The van der Waals surface area contributed by atoms with Crippen LogP contribution in [0.25, 0.3) is 6.08 Å². The van der Waals surface area contributed by atoms with Gasteiger partial charge >= 0.3 is 0 Å². The van der Waals surface area contributed by atoms with E-state index in [9.17, 15) is 4.79 Å². The highest BCUT2D eigenvalue weighted by molar-refractivity contribution is 8.18. The molecular formula is C34H32N2O5S. The third-order valence-corrected chi connectivity index (χ3v) is 7.25. The number of rotatable bonds is 11. The molecular weight excluding hydrogens is 548 g/mol. The largest absolute Gasteiger partial charge is 0.493 e. The number of nitrogens with one attached hydrogen (secondary N) is 1. The molecule has 8 heteroatoms. The second-order valence-electron chi connectivity index (χ2n) is 9.50. The molecule has 0 bridgehead atoms. The maximum atomic E-state index is 12.6. The Bertz CT molecular complexity index is 1600. The molecule has 1 N–H and O–H groups in total. The first-order chi connectivity index (χ1) is 20.5. The third-order valence-electron chi connectivity index (χ3n) is 6.34. The van der Waals surface area contributed by atoms with Crippen molar-refractivity contribution in [1.82, 2.24) is 5.32 Å². The Morgan fingerprint density at radius 2 is 1.50 bits per heavy atom. The molecule has 0 aliphatic carbocycles. The summed E-state index contributed by atoms with van der Waals surface area (Å²) in [6.45, 7) is 5.25. The molecule has 5 rings (SSSR count). The summed E-state index contributed by atoms with van der Waals surface area (Å²) in [4.78, 5) is 17.7. The van der Waals surface area contributed by atoms with E-state index in [1.807, 2.05) is 111 Å². The molecule has 1 aliphatic heterocycles. The van der Waals surface area contributed by atoms with E-state index < -0.39 is 0 Å². The number of aliphatic imine (C=N–C) groups is 1. The number of carbonyl (C=O) groups is 1. The van der Waals surface area contributed by atoms with Gasteiger partial charge in [0.15, 0.2) is 28.2 Å². The number of hydrogen-bond donors (Lipinski definition) is 1. The predicted molar refractivity (Wildman–Crippen MR) is 168 cm³/mol. The summed E-state index contributed by atoms with van der Waals surface area (Å²) in [5.41, 5.74) is 4.77. The van der Waals surface area contributed by atoms with Gasteiger partial charge < -0.3 is 24.3 Å². The SMILES string of the molecule is CCOc1cc(COc2ccc(/C=C3/SC(=Nc4ccc(C)cc4)NC3=O)cc2OC)ccc1OCc1ccccc1. The number of nitrogens with zero attached hydrogens (tertiary/aromatic N) is 1. The molecule has 0 spiro atoms. The molecule has 0 atom stereocenters. The second kappa shape index (κ2) is 13.8. The van der Waals surface area contributed by atoms with Crippen LogP contribution in [0.1, 0.15) is 29.2 Å². The number of thioether (sulfide) groups is 1. The van der Waals surface area contributed by atoms with Gasteiger partial charge in [0.05, 0.1) is 24.3 Å². The standard InChI is InChI=1S/C34H32N2O5S/c1-4-39-31-19-26(13-17-29(31)40-21-24-8-6-5-7-9-24)22-41-28-16-12-25(18-30(28)38-3)20-32-33(37)36-34(42-32)35-27-14-10-23(2)11-15-27/h5-20H,4,21-22H2,1-3H3,(H,35,36,37)/b32-20+. The van der Waals surface area contributed by atoms with Crippen LogP contribution in [-0.4, -0.2) is 24.8 Å². The minimum atomic E-state index is -0.188. The van der Waals surface area contributed by atoms with E-state index in [1.54, 1.807) is 7.11 Å². The van der Waals surface area contributed by atoms with Crippen molar-refractivity contribution in [3.8, 4) is 23.0 Å². The van der Waals surface area contributed by atoms with Crippen molar-refractivity contribution in [3.63, 3.8) is 0 Å². The Labute approximate surface area is 250 Å². The molecule has 1 aliphatic rings. The number of hydrogen-bond acceptors (Lipinski definition) is 7. The normalized spacial score (nSPS) is 14.6. The van der Waals surface area contributed by atoms with Crippen molar-refractivity contribution in [2.45, 2.75) is 27.1 Å². The predicted octanol–water partition coefficient (Wildman–Crippen LogP) is 7.45. The fourth-order valence-corrected chi connectivity index (χ4v) is 5.03. The van der Waals surface area contributed by atoms with E-state index in [-0.39, 0.29) is 5.91 Å². The van der Waals surface area contributed by atoms with E-state index >= 15 is 0 Å². The summed E-state index contributed by atoms with van der Waals surface area (Å²) in [7, 11) is 1.59. The highest BCUT2D eigenvalue weighted by atomic mass is 32.2. The van der Waals surface area contributed by atoms with Crippen LogP contribution < -0.4 is 24.3 Å². The van der Waals surface area contributed by atoms with Crippen molar-refractivity contribution in [2.75, 3.05) is 13.7 Å². The van der Waals surface area contributed by atoms with Crippen molar-refractivity contribution >= 4 is 34.6 Å². The van der Waals surface area contributed by atoms with Gasteiger partial charge in [-0.3, -0.25) is 4.79 Å². The number of methoxy groups -OCH3 is 1. The Morgan fingerprint density at radius 1 is 0.786 bits per heavy atom. The average molecular weight is 581 g/mol. The van der Waals surface area contributed by atoms with Crippen molar-refractivity contribution < 1.29 is 23.7 Å². The number of ether oxygens (including phenoxy) is 4. The molecule has 0 unspecified atom stereocenters. The molecule has 42 heavy (non-hydrogen) atoms. The van der Waals surface area contributed by atoms with Crippen LogP contribution in [0.4, 0.5) is 5.69 Å². The molecule has 1 heterocycles. The fourth-order valence-electron chi connectivity index (χ4n) is 4.19. The van der Waals surface area contributed by atoms with Gasteiger partial charge in [0.1, 0.15) is 13.2 Å².